The number of nitrogens with zero attached hydrogens (tertiary/aromatic N) is 1. The van der Waals surface area contributed by atoms with E-state index in [1.165, 1.54) is 7.05 Å². The zero-order valence-electron chi connectivity index (χ0n) is 8.93. The van der Waals surface area contributed by atoms with Crippen LogP contribution in [-0.4, -0.2) is 24.0 Å². The summed E-state index contributed by atoms with van der Waals surface area (Å²) in [6.07, 6.45) is -4.68. The second-order valence-corrected chi connectivity index (χ2v) is 3.88. The lowest BCUT2D eigenvalue weighted by Gasteiger charge is -2.09. The Labute approximate surface area is 108 Å². The molecule has 1 aromatic rings. The summed E-state index contributed by atoms with van der Waals surface area (Å²) in [5.74, 6) is -0.601. The molecule has 0 aliphatic heterocycles. The van der Waals surface area contributed by atoms with Crippen molar-refractivity contribution in [1.29, 1.82) is 5.41 Å². The number of carbonyl (C=O) groups excluding carboxylic acids is 1. The van der Waals surface area contributed by atoms with Crippen LogP contribution >= 0.6 is 15.9 Å². The zero-order chi connectivity index (χ0) is 13.9. The van der Waals surface area contributed by atoms with Gasteiger partial charge in [0, 0.05) is 17.7 Å². The molecule has 1 amide bonds. The minimum atomic E-state index is -4.60. The number of halogens is 4. The van der Waals surface area contributed by atoms with E-state index < -0.39 is 23.9 Å². The SMILES string of the molecule is CNC(=O)OC(=N)c1cnc(C(F)(F)F)c(Br)c1. The first kappa shape index (κ1) is 14.4. The molecule has 0 radical (unpaired) electrons. The van der Waals surface area contributed by atoms with Crippen LogP contribution < -0.4 is 5.32 Å². The highest BCUT2D eigenvalue weighted by molar-refractivity contribution is 9.10. The maximum Gasteiger partial charge on any atom is 0.434 e. The first-order valence-corrected chi connectivity index (χ1v) is 5.26. The summed E-state index contributed by atoms with van der Waals surface area (Å²) in [5, 5.41) is 9.46. The van der Waals surface area contributed by atoms with E-state index in [4.69, 9.17) is 5.41 Å². The Morgan fingerprint density at radius 3 is 2.61 bits per heavy atom. The van der Waals surface area contributed by atoms with E-state index in [0.717, 1.165) is 12.3 Å². The highest BCUT2D eigenvalue weighted by atomic mass is 79.9. The number of alkyl halides is 3. The fraction of sp³-hybridized carbons (Fsp3) is 0.222. The molecule has 1 heterocycles. The summed E-state index contributed by atoms with van der Waals surface area (Å²) >= 11 is 2.70. The Kier molecular flexibility index (Phi) is 4.28. The molecule has 0 saturated carbocycles. The Morgan fingerprint density at radius 2 is 2.17 bits per heavy atom. The molecule has 0 aliphatic rings. The highest BCUT2D eigenvalue weighted by Crippen LogP contribution is 2.33. The fourth-order valence-electron chi connectivity index (χ4n) is 0.973. The van der Waals surface area contributed by atoms with Crippen molar-refractivity contribution in [2.45, 2.75) is 6.18 Å². The van der Waals surface area contributed by atoms with Gasteiger partial charge >= 0.3 is 12.3 Å². The number of alkyl carbamates (subject to hydrolysis) is 1. The molecule has 1 aromatic heterocycles. The standard InChI is InChI=1S/C9H7BrF3N3O2/c1-15-8(17)18-7(14)4-2-5(10)6(16-3-4)9(11,12)13/h2-3,14H,1H3,(H,15,17). The second kappa shape index (κ2) is 5.34. The maximum absolute atomic E-state index is 12.4. The molecule has 0 aliphatic carbocycles. The third-order valence-corrected chi connectivity index (χ3v) is 2.38. The van der Waals surface area contributed by atoms with Crippen molar-refractivity contribution in [1.82, 2.24) is 10.3 Å². The third kappa shape index (κ3) is 3.42. The zero-order valence-corrected chi connectivity index (χ0v) is 10.5. The average molecular weight is 326 g/mol. The van der Waals surface area contributed by atoms with Crippen molar-refractivity contribution in [2.24, 2.45) is 0 Å². The Bertz CT molecular complexity index is 490. The number of nitrogens with one attached hydrogen (secondary N) is 2. The lowest BCUT2D eigenvalue weighted by Crippen LogP contribution is -2.23. The van der Waals surface area contributed by atoms with E-state index in [0.29, 0.717) is 0 Å². The number of pyridine rings is 1. The average Bonchev–Trinajstić information content (AvgIpc) is 2.26. The minimum absolute atomic E-state index is 0.0570. The van der Waals surface area contributed by atoms with E-state index >= 15 is 0 Å². The van der Waals surface area contributed by atoms with Crippen LogP contribution in [0.2, 0.25) is 0 Å². The molecule has 18 heavy (non-hydrogen) atoms. The van der Waals surface area contributed by atoms with Crippen molar-refractivity contribution in [3.8, 4) is 0 Å². The molecule has 5 nitrogen and oxygen atoms in total. The molecular weight excluding hydrogens is 319 g/mol. The summed E-state index contributed by atoms with van der Waals surface area (Å²) in [5.41, 5.74) is -1.17. The molecule has 0 fully saturated rings. The van der Waals surface area contributed by atoms with Crippen LogP contribution in [0.25, 0.3) is 0 Å². The number of hydrogen-bond donors (Lipinski definition) is 2. The Hall–Kier alpha value is -1.64. The van der Waals surface area contributed by atoms with Crippen molar-refractivity contribution in [2.75, 3.05) is 7.05 Å². The second-order valence-electron chi connectivity index (χ2n) is 3.02. The molecular formula is C9H7BrF3N3O2. The molecule has 0 bridgehead atoms. The molecule has 0 saturated heterocycles. The summed E-state index contributed by atoms with van der Waals surface area (Å²) in [6, 6.07) is 1.00. The number of amides is 1. The van der Waals surface area contributed by atoms with E-state index in [1.807, 2.05) is 0 Å². The molecule has 2 N–H and O–H groups in total. The van der Waals surface area contributed by atoms with Crippen molar-refractivity contribution >= 4 is 27.9 Å². The van der Waals surface area contributed by atoms with Gasteiger partial charge in [-0.05, 0) is 22.0 Å². The summed E-state index contributed by atoms with van der Waals surface area (Å²) in [6.45, 7) is 0. The summed E-state index contributed by atoms with van der Waals surface area (Å²) in [4.78, 5) is 14.0. The predicted octanol–water partition coefficient (Wildman–Crippen LogP) is 2.54. The topological polar surface area (TPSA) is 75.1 Å². The van der Waals surface area contributed by atoms with Gasteiger partial charge in [0.15, 0.2) is 5.69 Å². The van der Waals surface area contributed by atoms with Crippen LogP contribution in [0.4, 0.5) is 18.0 Å². The summed E-state index contributed by atoms with van der Waals surface area (Å²) < 4.78 is 41.3. The lowest BCUT2D eigenvalue weighted by molar-refractivity contribution is -0.141. The van der Waals surface area contributed by atoms with Gasteiger partial charge in [-0.1, -0.05) is 0 Å². The van der Waals surface area contributed by atoms with Crippen LogP contribution in [0.15, 0.2) is 16.7 Å². The van der Waals surface area contributed by atoms with Crippen molar-refractivity contribution in [3.63, 3.8) is 0 Å². The number of ether oxygens (including phenoxy) is 1. The number of aromatic nitrogens is 1. The van der Waals surface area contributed by atoms with Gasteiger partial charge in [-0.2, -0.15) is 13.2 Å². The van der Waals surface area contributed by atoms with Crippen LogP contribution in [0, 0.1) is 5.41 Å². The van der Waals surface area contributed by atoms with Crippen molar-refractivity contribution < 1.29 is 22.7 Å². The van der Waals surface area contributed by atoms with Gasteiger partial charge in [0.05, 0.1) is 5.56 Å². The van der Waals surface area contributed by atoms with E-state index in [9.17, 15) is 18.0 Å². The van der Waals surface area contributed by atoms with Crippen LogP contribution in [0.3, 0.4) is 0 Å². The van der Waals surface area contributed by atoms with Gasteiger partial charge in [0.2, 0.25) is 5.90 Å². The quantitative estimate of drug-likeness (QED) is 0.615. The smallest absolute Gasteiger partial charge is 0.391 e. The molecule has 98 valence electrons. The number of rotatable bonds is 1. The normalized spacial score (nSPS) is 10.9. The van der Waals surface area contributed by atoms with Crippen LogP contribution in [0.1, 0.15) is 11.3 Å². The van der Waals surface area contributed by atoms with Crippen molar-refractivity contribution in [3.05, 3.63) is 28.0 Å². The number of hydrogen-bond acceptors (Lipinski definition) is 4. The third-order valence-electron chi connectivity index (χ3n) is 1.77. The molecule has 9 heteroatoms. The monoisotopic (exact) mass is 325 g/mol. The highest BCUT2D eigenvalue weighted by Gasteiger charge is 2.35. The van der Waals surface area contributed by atoms with Gasteiger partial charge in [-0.25, -0.2) is 9.78 Å². The first-order chi connectivity index (χ1) is 8.25. The van der Waals surface area contributed by atoms with E-state index in [1.54, 1.807) is 0 Å². The Morgan fingerprint density at radius 1 is 1.56 bits per heavy atom. The van der Waals surface area contributed by atoms with Gasteiger partial charge in [-0.15, -0.1) is 0 Å². The van der Waals surface area contributed by atoms with Gasteiger partial charge in [0.1, 0.15) is 0 Å². The van der Waals surface area contributed by atoms with E-state index in [-0.39, 0.29) is 10.0 Å². The summed E-state index contributed by atoms with van der Waals surface area (Å²) in [7, 11) is 1.29. The fourth-order valence-corrected chi connectivity index (χ4v) is 1.55. The Balaban J connectivity index is 2.98. The number of carbonyl (C=O) groups is 1. The maximum atomic E-state index is 12.4. The molecule has 0 unspecified atom stereocenters. The van der Waals surface area contributed by atoms with Crippen LogP contribution in [-0.2, 0) is 10.9 Å². The minimum Gasteiger partial charge on any atom is -0.391 e. The predicted molar refractivity (Wildman–Crippen MR) is 59.3 cm³/mol. The largest absolute Gasteiger partial charge is 0.434 e. The van der Waals surface area contributed by atoms with Crippen LogP contribution in [0.5, 0.6) is 0 Å². The molecule has 0 spiro atoms. The van der Waals surface area contributed by atoms with Gasteiger partial charge < -0.3 is 10.1 Å². The van der Waals surface area contributed by atoms with Gasteiger partial charge in [0.25, 0.3) is 0 Å². The van der Waals surface area contributed by atoms with Gasteiger partial charge in [-0.3, -0.25) is 5.41 Å². The molecule has 0 atom stereocenters. The lowest BCUT2D eigenvalue weighted by atomic mass is 10.2. The molecule has 1 rings (SSSR count). The van der Waals surface area contributed by atoms with E-state index in [2.05, 4.69) is 31.0 Å². The molecule has 0 aromatic carbocycles. The first-order valence-electron chi connectivity index (χ1n) is 4.47.